The van der Waals surface area contributed by atoms with Gasteiger partial charge in [0.15, 0.2) is 0 Å². The van der Waals surface area contributed by atoms with Crippen LogP contribution < -0.4 is 11.1 Å². The van der Waals surface area contributed by atoms with E-state index in [1.165, 1.54) is 12.0 Å². The summed E-state index contributed by atoms with van der Waals surface area (Å²) in [4.78, 5) is 34.9. The highest BCUT2D eigenvalue weighted by molar-refractivity contribution is 6.33. The Labute approximate surface area is 242 Å². The molecular formula is C32H40ClN5O2. The van der Waals surface area contributed by atoms with Crippen LogP contribution in [0.4, 0.5) is 5.95 Å². The van der Waals surface area contributed by atoms with E-state index in [0.717, 1.165) is 87.1 Å². The molecule has 0 saturated heterocycles. The Kier molecular flexibility index (Phi) is 11.1. The Balaban J connectivity index is 0.000000470. The number of primary amides is 1. The first kappa shape index (κ1) is 29.7. The summed E-state index contributed by atoms with van der Waals surface area (Å²) in [6.07, 6.45) is 8.67. The molecule has 0 radical (unpaired) electrons. The molecule has 1 saturated carbocycles. The largest absolute Gasteiger partial charge is 0.370 e. The summed E-state index contributed by atoms with van der Waals surface area (Å²) in [5.74, 6) is 0.308. The zero-order valence-electron chi connectivity index (χ0n) is 23.4. The van der Waals surface area contributed by atoms with E-state index in [0.29, 0.717) is 17.4 Å². The van der Waals surface area contributed by atoms with Crippen molar-refractivity contribution in [3.8, 4) is 11.3 Å². The predicted octanol–water partition coefficient (Wildman–Crippen LogP) is 6.54. The third-order valence-corrected chi connectivity index (χ3v) is 7.83. The molecule has 40 heavy (non-hydrogen) atoms. The van der Waals surface area contributed by atoms with Crippen molar-refractivity contribution in [3.63, 3.8) is 0 Å². The van der Waals surface area contributed by atoms with Crippen LogP contribution in [0.1, 0.15) is 75.1 Å². The number of nitrogens with zero attached hydrogens (tertiary/aromatic N) is 3. The van der Waals surface area contributed by atoms with Gasteiger partial charge in [-0.25, -0.2) is 9.97 Å². The van der Waals surface area contributed by atoms with Crippen LogP contribution in [0, 0.1) is 5.92 Å². The van der Waals surface area contributed by atoms with Crippen molar-refractivity contribution in [2.24, 2.45) is 11.7 Å². The minimum atomic E-state index is -0.193. The van der Waals surface area contributed by atoms with Gasteiger partial charge in [0, 0.05) is 54.5 Å². The van der Waals surface area contributed by atoms with E-state index >= 15 is 0 Å². The minimum Gasteiger partial charge on any atom is -0.370 e. The van der Waals surface area contributed by atoms with Crippen molar-refractivity contribution in [2.75, 3.05) is 11.9 Å². The summed E-state index contributed by atoms with van der Waals surface area (Å²) in [5, 5.41) is 3.68. The first-order valence-corrected chi connectivity index (χ1v) is 14.8. The number of aromatic nitrogens is 2. The van der Waals surface area contributed by atoms with Gasteiger partial charge in [-0.1, -0.05) is 92.7 Å². The maximum atomic E-state index is 12.9. The molecule has 2 aliphatic rings. The molecule has 5 rings (SSSR count). The molecule has 1 aliphatic carbocycles. The number of unbranched alkanes of at least 4 members (excludes halogenated alkanes) is 1. The molecule has 0 atom stereocenters. The zero-order valence-corrected chi connectivity index (χ0v) is 24.1. The Morgan fingerprint density at radius 2 is 1.75 bits per heavy atom. The molecule has 2 heterocycles. The van der Waals surface area contributed by atoms with E-state index in [-0.39, 0.29) is 17.7 Å². The average molecular weight is 562 g/mol. The fourth-order valence-electron chi connectivity index (χ4n) is 5.31. The predicted molar refractivity (Wildman–Crippen MR) is 161 cm³/mol. The van der Waals surface area contributed by atoms with Gasteiger partial charge in [-0.15, -0.1) is 0 Å². The fraction of sp³-hybridized carbons (Fsp3) is 0.438. The summed E-state index contributed by atoms with van der Waals surface area (Å²) in [6, 6.07) is 18.3. The van der Waals surface area contributed by atoms with Crippen LogP contribution in [-0.2, 0) is 29.1 Å². The number of anilines is 1. The van der Waals surface area contributed by atoms with Crippen molar-refractivity contribution in [3.05, 3.63) is 76.4 Å². The van der Waals surface area contributed by atoms with Gasteiger partial charge in [0.1, 0.15) is 0 Å². The number of carbonyl (C=O) groups excluding carboxylic acids is 2. The first-order valence-electron chi connectivity index (χ1n) is 14.4. The number of hydrogen-bond donors (Lipinski definition) is 2. The number of rotatable bonds is 8. The quantitative estimate of drug-likeness (QED) is 0.325. The van der Waals surface area contributed by atoms with Crippen LogP contribution in [0.2, 0.25) is 5.02 Å². The maximum absolute atomic E-state index is 12.9. The lowest BCUT2D eigenvalue weighted by Crippen LogP contribution is -2.32. The highest BCUT2D eigenvalue weighted by Crippen LogP contribution is 2.34. The standard InChI is InChI=1S/C27H29ClN4O.C5H11NO/c28-23-14-8-7-13-21(23)25-22-18-32(17-19-9-3-1-4-10-19)16-15-24(22)29-27(30-25)31-26(33)20-11-5-2-6-12-20;1-2-3-4-5(6)7/h1,3-4,7-10,13-14,20H,2,5-6,11-12,15-18H2,(H,29,30,31,33);2-4H2,1H3,(H2,6,7). The Hall–Kier alpha value is -3.29. The highest BCUT2D eigenvalue weighted by Gasteiger charge is 2.26. The molecule has 2 amide bonds. The smallest absolute Gasteiger partial charge is 0.230 e. The Morgan fingerprint density at radius 3 is 2.42 bits per heavy atom. The minimum absolute atomic E-state index is 0.0428. The molecule has 0 bridgehead atoms. The number of fused-ring (bicyclic) bond motifs is 1. The number of hydrogen-bond acceptors (Lipinski definition) is 5. The van der Waals surface area contributed by atoms with E-state index in [2.05, 4.69) is 34.5 Å². The lowest BCUT2D eigenvalue weighted by Gasteiger charge is -2.30. The molecule has 3 aromatic rings. The van der Waals surface area contributed by atoms with Gasteiger partial charge < -0.3 is 5.73 Å². The molecule has 8 heteroatoms. The Morgan fingerprint density at radius 1 is 1.02 bits per heavy atom. The topological polar surface area (TPSA) is 101 Å². The van der Waals surface area contributed by atoms with Crippen molar-refractivity contribution < 1.29 is 9.59 Å². The molecular weight excluding hydrogens is 522 g/mol. The Bertz CT molecular complexity index is 1280. The van der Waals surface area contributed by atoms with Gasteiger partial charge in [-0.2, -0.15) is 0 Å². The number of amides is 2. The van der Waals surface area contributed by atoms with Gasteiger partial charge in [0.05, 0.1) is 11.4 Å². The van der Waals surface area contributed by atoms with E-state index in [9.17, 15) is 9.59 Å². The van der Waals surface area contributed by atoms with Crippen molar-refractivity contribution >= 4 is 29.4 Å². The van der Waals surface area contributed by atoms with Gasteiger partial charge in [0.2, 0.25) is 17.8 Å². The number of nitrogens with one attached hydrogen (secondary N) is 1. The molecule has 212 valence electrons. The molecule has 1 fully saturated rings. The van der Waals surface area contributed by atoms with Crippen molar-refractivity contribution in [1.82, 2.24) is 14.9 Å². The second-order valence-electron chi connectivity index (χ2n) is 10.6. The maximum Gasteiger partial charge on any atom is 0.230 e. The number of benzene rings is 2. The molecule has 0 spiro atoms. The van der Waals surface area contributed by atoms with E-state index in [1.54, 1.807) is 0 Å². The fourth-order valence-corrected chi connectivity index (χ4v) is 5.53. The summed E-state index contributed by atoms with van der Waals surface area (Å²) in [7, 11) is 0. The first-order chi connectivity index (χ1) is 19.4. The highest BCUT2D eigenvalue weighted by atomic mass is 35.5. The van der Waals surface area contributed by atoms with Crippen molar-refractivity contribution in [1.29, 1.82) is 0 Å². The van der Waals surface area contributed by atoms with E-state index < -0.39 is 0 Å². The number of carbonyl (C=O) groups is 2. The number of nitrogens with two attached hydrogens (primary N) is 1. The zero-order chi connectivity index (χ0) is 28.3. The van der Waals surface area contributed by atoms with Gasteiger partial charge in [-0.05, 0) is 30.9 Å². The third kappa shape index (κ3) is 8.35. The van der Waals surface area contributed by atoms with Gasteiger partial charge in [-0.3, -0.25) is 19.8 Å². The van der Waals surface area contributed by atoms with Crippen LogP contribution in [0.25, 0.3) is 11.3 Å². The van der Waals surface area contributed by atoms with Gasteiger partial charge >= 0.3 is 0 Å². The third-order valence-electron chi connectivity index (χ3n) is 7.50. The second-order valence-corrected chi connectivity index (χ2v) is 11.0. The van der Waals surface area contributed by atoms with E-state index in [4.69, 9.17) is 27.3 Å². The molecule has 7 nitrogen and oxygen atoms in total. The monoisotopic (exact) mass is 561 g/mol. The summed E-state index contributed by atoms with van der Waals surface area (Å²) in [5.41, 5.74) is 9.93. The summed E-state index contributed by atoms with van der Waals surface area (Å²) >= 11 is 6.59. The van der Waals surface area contributed by atoms with Crippen LogP contribution in [0.5, 0.6) is 0 Å². The van der Waals surface area contributed by atoms with Crippen LogP contribution >= 0.6 is 11.6 Å². The molecule has 0 unspecified atom stereocenters. The normalized spacial score (nSPS) is 15.4. The SMILES string of the molecule is CCCCC(N)=O.O=C(Nc1nc2c(c(-c3ccccc3Cl)n1)CN(Cc1ccccc1)CC2)C1CCCCC1. The number of halogens is 1. The lowest BCUT2D eigenvalue weighted by molar-refractivity contribution is -0.121. The van der Waals surface area contributed by atoms with Crippen LogP contribution in [-0.4, -0.2) is 33.2 Å². The molecule has 1 aromatic heterocycles. The van der Waals surface area contributed by atoms with Crippen LogP contribution in [0.3, 0.4) is 0 Å². The van der Waals surface area contributed by atoms with Crippen molar-refractivity contribution in [2.45, 2.75) is 77.8 Å². The average Bonchev–Trinajstić information content (AvgIpc) is 2.97. The second kappa shape index (κ2) is 14.9. The summed E-state index contributed by atoms with van der Waals surface area (Å²) in [6.45, 7) is 4.57. The molecule has 2 aromatic carbocycles. The van der Waals surface area contributed by atoms with Gasteiger partial charge in [0.25, 0.3) is 0 Å². The molecule has 1 aliphatic heterocycles. The van der Waals surface area contributed by atoms with E-state index in [1.807, 2.05) is 37.3 Å². The lowest BCUT2D eigenvalue weighted by atomic mass is 9.89. The molecule has 3 N–H and O–H groups in total. The van der Waals surface area contributed by atoms with Crippen LogP contribution in [0.15, 0.2) is 54.6 Å². The summed E-state index contributed by atoms with van der Waals surface area (Å²) < 4.78 is 0.